The molecule has 3 heteroatoms. The van der Waals surface area contributed by atoms with Crippen LogP contribution in [0.5, 0.6) is 0 Å². The SMILES string of the molecule is Cc1cc(C)c(N2C(=O)CCC2C)cc1N. The Balaban J connectivity index is 2.47. The summed E-state index contributed by atoms with van der Waals surface area (Å²) in [6.45, 7) is 6.10. The normalized spacial score (nSPS) is 20.6. The molecular weight excluding hydrogens is 200 g/mol. The van der Waals surface area contributed by atoms with Gasteiger partial charge in [-0.15, -0.1) is 0 Å². The van der Waals surface area contributed by atoms with Gasteiger partial charge in [0, 0.05) is 23.8 Å². The van der Waals surface area contributed by atoms with Crippen molar-refractivity contribution in [3.05, 3.63) is 23.3 Å². The summed E-state index contributed by atoms with van der Waals surface area (Å²) in [5, 5.41) is 0. The van der Waals surface area contributed by atoms with Crippen molar-refractivity contribution < 1.29 is 4.79 Å². The summed E-state index contributed by atoms with van der Waals surface area (Å²) in [5.74, 6) is 0.207. The van der Waals surface area contributed by atoms with Crippen molar-refractivity contribution in [3.8, 4) is 0 Å². The largest absolute Gasteiger partial charge is 0.398 e. The van der Waals surface area contributed by atoms with Crippen LogP contribution in [0.4, 0.5) is 11.4 Å². The zero-order valence-electron chi connectivity index (χ0n) is 10.1. The number of nitrogen functional groups attached to an aromatic ring is 1. The number of carbonyl (C=O) groups excluding carboxylic acids is 1. The zero-order valence-corrected chi connectivity index (χ0v) is 10.1. The highest BCUT2D eigenvalue weighted by Crippen LogP contribution is 2.32. The number of nitrogens with zero attached hydrogens (tertiary/aromatic N) is 1. The molecule has 1 atom stereocenters. The average molecular weight is 218 g/mol. The van der Waals surface area contributed by atoms with Gasteiger partial charge in [0.05, 0.1) is 0 Å². The maximum absolute atomic E-state index is 11.8. The first kappa shape index (κ1) is 11.0. The molecule has 3 nitrogen and oxygen atoms in total. The molecule has 1 amide bonds. The first-order valence-electron chi connectivity index (χ1n) is 5.69. The third kappa shape index (κ3) is 1.66. The van der Waals surface area contributed by atoms with Crippen molar-refractivity contribution in [3.63, 3.8) is 0 Å². The monoisotopic (exact) mass is 218 g/mol. The average Bonchev–Trinajstić information content (AvgIpc) is 2.53. The van der Waals surface area contributed by atoms with Crippen LogP contribution in [0.3, 0.4) is 0 Å². The highest BCUT2D eigenvalue weighted by molar-refractivity contribution is 5.97. The predicted molar refractivity (Wildman–Crippen MR) is 66.5 cm³/mol. The fraction of sp³-hybridized carbons (Fsp3) is 0.462. The van der Waals surface area contributed by atoms with E-state index < -0.39 is 0 Å². The summed E-state index contributed by atoms with van der Waals surface area (Å²) in [6.07, 6.45) is 1.58. The second kappa shape index (κ2) is 3.81. The van der Waals surface area contributed by atoms with E-state index in [1.54, 1.807) is 0 Å². The summed E-state index contributed by atoms with van der Waals surface area (Å²) in [5.41, 5.74) is 9.83. The third-order valence-corrected chi connectivity index (χ3v) is 3.33. The molecule has 1 heterocycles. The van der Waals surface area contributed by atoms with Crippen molar-refractivity contribution >= 4 is 17.3 Å². The number of aryl methyl sites for hydroxylation is 2. The summed E-state index contributed by atoms with van der Waals surface area (Å²) in [7, 11) is 0. The maximum atomic E-state index is 11.8. The van der Waals surface area contributed by atoms with Gasteiger partial charge in [-0.2, -0.15) is 0 Å². The van der Waals surface area contributed by atoms with Crippen molar-refractivity contribution in [2.24, 2.45) is 0 Å². The highest BCUT2D eigenvalue weighted by atomic mass is 16.2. The molecule has 1 fully saturated rings. The van der Waals surface area contributed by atoms with Crippen LogP contribution in [-0.2, 0) is 4.79 Å². The van der Waals surface area contributed by atoms with Crippen LogP contribution in [0.25, 0.3) is 0 Å². The molecule has 0 spiro atoms. The van der Waals surface area contributed by atoms with Crippen LogP contribution in [0.15, 0.2) is 12.1 Å². The molecule has 0 radical (unpaired) electrons. The number of rotatable bonds is 1. The van der Waals surface area contributed by atoms with Crippen LogP contribution in [-0.4, -0.2) is 11.9 Å². The fourth-order valence-corrected chi connectivity index (χ4v) is 2.32. The van der Waals surface area contributed by atoms with E-state index >= 15 is 0 Å². The molecule has 16 heavy (non-hydrogen) atoms. The molecule has 0 aromatic heterocycles. The number of hydrogen-bond acceptors (Lipinski definition) is 2. The van der Waals surface area contributed by atoms with Crippen molar-refractivity contribution in [1.82, 2.24) is 0 Å². The lowest BCUT2D eigenvalue weighted by Gasteiger charge is -2.24. The molecule has 2 N–H and O–H groups in total. The van der Waals surface area contributed by atoms with E-state index in [0.717, 1.165) is 28.9 Å². The Morgan fingerprint density at radius 2 is 2.00 bits per heavy atom. The summed E-state index contributed by atoms with van der Waals surface area (Å²) >= 11 is 0. The van der Waals surface area contributed by atoms with Gasteiger partial charge in [-0.1, -0.05) is 6.07 Å². The third-order valence-electron chi connectivity index (χ3n) is 3.33. The van der Waals surface area contributed by atoms with Gasteiger partial charge in [0.1, 0.15) is 0 Å². The first-order valence-corrected chi connectivity index (χ1v) is 5.69. The Bertz CT molecular complexity index is 440. The van der Waals surface area contributed by atoms with Crippen LogP contribution in [0, 0.1) is 13.8 Å². The van der Waals surface area contributed by atoms with E-state index in [9.17, 15) is 4.79 Å². The molecule has 1 aliphatic rings. The van der Waals surface area contributed by atoms with Gasteiger partial charge >= 0.3 is 0 Å². The molecule has 0 aliphatic carbocycles. The zero-order chi connectivity index (χ0) is 11.9. The molecule has 1 aromatic carbocycles. The smallest absolute Gasteiger partial charge is 0.227 e. The predicted octanol–water partition coefficient (Wildman–Crippen LogP) is 2.40. The molecule has 1 unspecified atom stereocenters. The minimum Gasteiger partial charge on any atom is -0.398 e. The van der Waals surface area contributed by atoms with E-state index in [1.165, 1.54) is 0 Å². The van der Waals surface area contributed by atoms with Crippen LogP contribution >= 0.6 is 0 Å². The van der Waals surface area contributed by atoms with E-state index in [1.807, 2.05) is 30.9 Å². The minimum absolute atomic E-state index is 0.207. The maximum Gasteiger partial charge on any atom is 0.227 e. The van der Waals surface area contributed by atoms with Gasteiger partial charge in [-0.3, -0.25) is 4.79 Å². The van der Waals surface area contributed by atoms with E-state index in [4.69, 9.17) is 5.73 Å². The molecule has 1 aromatic rings. The van der Waals surface area contributed by atoms with Gasteiger partial charge in [0.25, 0.3) is 0 Å². The molecule has 1 aliphatic heterocycles. The van der Waals surface area contributed by atoms with E-state index in [0.29, 0.717) is 6.42 Å². The first-order chi connectivity index (χ1) is 7.50. The second-order valence-electron chi connectivity index (χ2n) is 4.65. The molecule has 1 saturated heterocycles. The van der Waals surface area contributed by atoms with E-state index in [2.05, 4.69) is 6.92 Å². The van der Waals surface area contributed by atoms with Gasteiger partial charge in [0.15, 0.2) is 0 Å². The van der Waals surface area contributed by atoms with Gasteiger partial charge in [-0.25, -0.2) is 0 Å². The molecule has 86 valence electrons. The van der Waals surface area contributed by atoms with Gasteiger partial charge < -0.3 is 10.6 Å². The minimum atomic E-state index is 0.207. The molecular formula is C13H18N2O. The lowest BCUT2D eigenvalue weighted by atomic mass is 10.1. The summed E-state index contributed by atoms with van der Waals surface area (Å²) in [6, 6.07) is 4.25. The fourth-order valence-electron chi connectivity index (χ4n) is 2.32. The van der Waals surface area contributed by atoms with Crippen molar-refractivity contribution in [2.75, 3.05) is 10.6 Å². The number of carbonyl (C=O) groups is 1. The quantitative estimate of drug-likeness (QED) is 0.736. The summed E-state index contributed by atoms with van der Waals surface area (Å²) < 4.78 is 0. The Morgan fingerprint density at radius 1 is 1.31 bits per heavy atom. The lowest BCUT2D eigenvalue weighted by Crippen LogP contribution is -2.31. The van der Waals surface area contributed by atoms with Crippen molar-refractivity contribution in [2.45, 2.75) is 39.7 Å². The topological polar surface area (TPSA) is 46.3 Å². The van der Waals surface area contributed by atoms with E-state index in [-0.39, 0.29) is 11.9 Å². The number of anilines is 2. The molecule has 2 rings (SSSR count). The Morgan fingerprint density at radius 3 is 2.56 bits per heavy atom. The van der Waals surface area contributed by atoms with Crippen molar-refractivity contribution in [1.29, 1.82) is 0 Å². The number of benzene rings is 1. The lowest BCUT2D eigenvalue weighted by molar-refractivity contribution is -0.117. The molecule has 0 bridgehead atoms. The Hall–Kier alpha value is -1.51. The standard InChI is InChI=1S/C13H18N2O/c1-8-6-9(2)12(7-11(8)14)15-10(3)4-5-13(15)16/h6-7,10H,4-5,14H2,1-3H3. The van der Waals surface area contributed by atoms with Crippen LogP contribution in [0.1, 0.15) is 30.9 Å². The highest BCUT2D eigenvalue weighted by Gasteiger charge is 2.29. The number of nitrogens with two attached hydrogens (primary N) is 1. The van der Waals surface area contributed by atoms with Crippen LogP contribution < -0.4 is 10.6 Å². The number of hydrogen-bond donors (Lipinski definition) is 1. The van der Waals surface area contributed by atoms with Gasteiger partial charge in [-0.05, 0) is 44.4 Å². The Labute approximate surface area is 96.2 Å². The van der Waals surface area contributed by atoms with Crippen LogP contribution in [0.2, 0.25) is 0 Å². The number of amides is 1. The second-order valence-corrected chi connectivity index (χ2v) is 4.65. The summed E-state index contributed by atoms with van der Waals surface area (Å²) in [4.78, 5) is 13.7. The molecule has 0 saturated carbocycles. The Kier molecular flexibility index (Phi) is 2.62. The van der Waals surface area contributed by atoms with Gasteiger partial charge in [0.2, 0.25) is 5.91 Å².